The molecule has 0 aliphatic rings. The molecule has 1 aromatic heterocycles. The predicted octanol–water partition coefficient (Wildman–Crippen LogP) is 2.87. The van der Waals surface area contributed by atoms with Gasteiger partial charge in [-0.05, 0) is 31.5 Å². The second-order valence-electron chi connectivity index (χ2n) is 4.35. The number of hydrogen-bond acceptors (Lipinski definition) is 4. The molecule has 0 amide bonds. The Morgan fingerprint density at radius 1 is 1.42 bits per heavy atom. The van der Waals surface area contributed by atoms with Crippen molar-refractivity contribution in [2.75, 3.05) is 5.73 Å². The van der Waals surface area contributed by atoms with E-state index in [-0.39, 0.29) is 5.78 Å². The van der Waals surface area contributed by atoms with Crippen LogP contribution in [0.2, 0.25) is 0 Å². The zero-order valence-electron chi connectivity index (χ0n) is 11.1. The Labute approximate surface area is 112 Å². The van der Waals surface area contributed by atoms with E-state index in [1.165, 1.54) is 6.92 Å². The van der Waals surface area contributed by atoms with Gasteiger partial charge in [-0.15, -0.1) is 0 Å². The topological polar surface area (TPSA) is 70.1 Å². The molecule has 0 unspecified atom stereocenters. The summed E-state index contributed by atoms with van der Waals surface area (Å²) in [5.74, 6) is 1.15. The fourth-order valence-electron chi connectivity index (χ4n) is 1.79. The van der Waals surface area contributed by atoms with Crippen molar-refractivity contribution in [3.63, 3.8) is 0 Å². The molecule has 0 aliphatic carbocycles. The number of benzene rings is 1. The second-order valence-corrected chi connectivity index (χ2v) is 4.35. The number of Topliss-reactive ketones (excluding diaryl/α,β-unsaturated/α-hetero) is 1. The molecule has 0 fully saturated rings. The Kier molecular flexibility index (Phi) is 3.85. The fourth-order valence-corrected chi connectivity index (χ4v) is 1.79. The van der Waals surface area contributed by atoms with Crippen LogP contribution in [-0.4, -0.2) is 15.6 Å². The van der Waals surface area contributed by atoms with Crippen LogP contribution in [0.25, 0.3) is 0 Å². The molecule has 0 radical (unpaired) electrons. The first-order chi connectivity index (χ1) is 9.10. The molecular formula is C14H17N3O2. The summed E-state index contributed by atoms with van der Waals surface area (Å²) in [6.07, 6.45) is 4.49. The molecular weight excluding hydrogens is 242 g/mol. The molecule has 0 saturated heterocycles. The van der Waals surface area contributed by atoms with Gasteiger partial charge < -0.3 is 10.5 Å². The maximum Gasteiger partial charge on any atom is 0.165 e. The Morgan fingerprint density at radius 3 is 2.89 bits per heavy atom. The lowest BCUT2D eigenvalue weighted by Gasteiger charge is -2.06. The number of carbonyl (C=O) groups is 1. The normalized spacial score (nSPS) is 10.4. The van der Waals surface area contributed by atoms with Crippen molar-refractivity contribution in [2.45, 2.75) is 26.8 Å². The summed E-state index contributed by atoms with van der Waals surface area (Å²) in [4.78, 5) is 11.4. The summed E-state index contributed by atoms with van der Waals surface area (Å²) in [6, 6.07) is 5.05. The van der Waals surface area contributed by atoms with Gasteiger partial charge in [0.15, 0.2) is 11.5 Å². The van der Waals surface area contributed by atoms with Crippen molar-refractivity contribution in [1.82, 2.24) is 9.78 Å². The Bertz CT molecular complexity index is 590. The maximum absolute atomic E-state index is 11.4. The van der Waals surface area contributed by atoms with E-state index in [1.807, 2.05) is 10.9 Å². The highest BCUT2D eigenvalue weighted by atomic mass is 16.5. The Balaban J connectivity index is 2.18. The van der Waals surface area contributed by atoms with Gasteiger partial charge in [0.25, 0.3) is 0 Å². The van der Waals surface area contributed by atoms with E-state index < -0.39 is 0 Å². The molecule has 2 N–H and O–H groups in total. The zero-order chi connectivity index (χ0) is 13.8. The molecule has 0 saturated carbocycles. The van der Waals surface area contributed by atoms with Crippen molar-refractivity contribution in [2.24, 2.45) is 0 Å². The van der Waals surface area contributed by atoms with Gasteiger partial charge in [0, 0.05) is 17.8 Å². The lowest BCUT2D eigenvalue weighted by atomic mass is 10.1. The number of nitrogens with two attached hydrogens (primary N) is 1. The van der Waals surface area contributed by atoms with Crippen LogP contribution in [0.1, 0.15) is 30.6 Å². The number of ketones is 1. The van der Waals surface area contributed by atoms with Gasteiger partial charge in [-0.3, -0.25) is 9.48 Å². The highest BCUT2D eigenvalue weighted by molar-refractivity contribution is 5.99. The van der Waals surface area contributed by atoms with Crippen molar-refractivity contribution < 1.29 is 9.53 Å². The predicted molar refractivity (Wildman–Crippen MR) is 73.5 cm³/mol. The van der Waals surface area contributed by atoms with Crippen molar-refractivity contribution >= 4 is 11.5 Å². The number of nitrogen functional groups attached to an aromatic ring is 1. The van der Waals surface area contributed by atoms with E-state index in [9.17, 15) is 4.79 Å². The standard InChI is InChI=1S/C14H17N3O2/c1-3-6-17-9-12(8-16-17)19-11-4-5-14(15)13(7-11)10(2)18/h4-5,7-9H,3,6,15H2,1-2H3. The summed E-state index contributed by atoms with van der Waals surface area (Å²) in [5.41, 5.74) is 6.67. The lowest BCUT2D eigenvalue weighted by Crippen LogP contribution is -1.99. The minimum Gasteiger partial charge on any atom is -0.454 e. The summed E-state index contributed by atoms with van der Waals surface area (Å²) >= 11 is 0. The molecule has 100 valence electrons. The largest absolute Gasteiger partial charge is 0.454 e. The number of hydrogen-bond donors (Lipinski definition) is 1. The number of rotatable bonds is 5. The van der Waals surface area contributed by atoms with Gasteiger partial charge in [-0.2, -0.15) is 5.10 Å². The lowest BCUT2D eigenvalue weighted by molar-refractivity contribution is 0.101. The fraction of sp³-hybridized carbons (Fsp3) is 0.286. The highest BCUT2D eigenvalue weighted by Crippen LogP contribution is 2.25. The van der Waals surface area contributed by atoms with Crippen LogP contribution in [0.4, 0.5) is 5.69 Å². The van der Waals surface area contributed by atoms with E-state index >= 15 is 0 Å². The molecule has 19 heavy (non-hydrogen) atoms. The third-order valence-corrected chi connectivity index (χ3v) is 2.70. The molecule has 2 aromatic rings. The first-order valence-electron chi connectivity index (χ1n) is 6.21. The SMILES string of the molecule is CCCn1cc(Oc2ccc(N)c(C(C)=O)c2)cn1. The molecule has 0 spiro atoms. The number of aromatic nitrogens is 2. The van der Waals surface area contributed by atoms with Gasteiger partial charge in [-0.1, -0.05) is 6.92 Å². The van der Waals surface area contributed by atoms with Gasteiger partial charge >= 0.3 is 0 Å². The van der Waals surface area contributed by atoms with Crippen LogP contribution in [0.5, 0.6) is 11.5 Å². The summed E-state index contributed by atoms with van der Waals surface area (Å²) in [6.45, 7) is 4.42. The third kappa shape index (κ3) is 3.13. The minimum absolute atomic E-state index is 0.0790. The van der Waals surface area contributed by atoms with Gasteiger partial charge in [0.2, 0.25) is 0 Å². The van der Waals surface area contributed by atoms with E-state index in [1.54, 1.807) is 24.4 Å². The van der Waals surface area contributed by atoms with Crippen LogP contribution in [0, 0.1) is 0 Å². The maximum atomic E-state index is 11.4. The molecule has 2 rings (SSSR count). The first-order valence-corrected chi connectivity index (χ1v) is 6.21. The highest BCUT2D eigenvalue weighted by Gasteiger charge is 2.08. The average Bonchev–Trinajstić information content (AvgIpc) is 2.79. The van der Waals surface area contributed by atoms with Crippen molar-refractivity contribution in [3.05, 3.63) is 36.2 Å². The van der Waals surface area contributed by atoms with Crippen LogP contribution in [0.3, 0.4) is 0 Å². The molecule has 0 bridgehead atoms. The summed E-state index contributed by atoms with van der Waals surface area (Å²) in [7, 11) is 0. The number of carbonyl (C=O) groups excluding carboxylic acids is 1. The Hall–Kier alpha value is -2.30. The summed E-state index contributed by atoms with van der Waals surface area (Å²) in [5, 5.41) is 4.18. The minimum atomic E-state index is -0.0790. The number of aryl methyl sites for hydroxylation is 1. The molecule has 5 nitrogen and oxygen atoms in total. The van der Waals surface area contributed by atoms with Crippen molar-refractivity contribution in [3.8, 4) is 11.5 Å². The third-order valence-electron chi connectivity index (χ3n) is 2.70. The Morgan fingerprint density at radius 2 is 2.21 bits per heavy atom. The monoisotopic (exact) mass is 259 g/mol. The molecule has 0 atom stereocenters. The smallest absolute Gasteiger partial charge is 0.165 e. The van der Waals surface area contributed by atoms with Crippen LogP contribution in [-0.2, 0) is 6.54 Å². The van der Waals surface area contributed by atoms with Crippen LogP contribution < -0.4 is 10.5 Å². The van der Waals surface area contributed by atoms with E-state index in [4.69, 9.17) is 10.5 Å². The summed E-state index contributed by atoms with van der Waals surface area (Å²) < 4.78 is 7.48. The van der Waals surface area contributed by atoms with Crippen LogP contribution in [0.15, 0.2) is 30.6 Å². The quantitative estimate of drug-likeness (QED) is 0.662. The van der Waals surface area contributed by atoms with Crippen molar-refractivity contribution in [1.29, 1.82) is 0 Å². The van der Waals surface area contributed by atoms with E-state index in [2.05, 4.69) is 12.0 Å². The van der Waals surface area contributed by atoms with Gasteiger partial charge in [0.1, 0.15) is 5.75 Å². The van der Waals surface area contributed by atoms with Crippen LogP contribution >= 0.6 is 0 Å². The number of nitrogens with zero attached hydrogens (tertiary/aromatic N) is 2. The zero-order valence-corrected chi connectivity index (χ0v) is 11.1. The van der Waals surface area contributed by atoms with E-state index in [0.29, 0.717) is 22.7 Å². The molecule has 5 heteroatoms. The average molecular weight is 259 g/mol. The number of anilines is 1. The first kappa shape index (κ1) is 13.1. The van der Waals surface area contributed by atoms with Gasteiger partial charge in [0.05, 0.1) is 12.4 Å². The molecule has 1 heterocycles. The molecule has 0 aliphatic heterocycles. The second kappa shape index (κ2) is 5.56. The molecule has 1 aromatic carbocycles. The van der Waals surface area contributed by atoms with E-state index in [0.717, 1.165) is 13.0 Å². The van der Waals surface area contributed by atoms with Gasteiger partial charge in [-0.25, -0.2) is 0 Å². The number of ether oxygens (including phenoxy) is 1.